The van der Waals surface area contributed by atoms with E-state index in [1.165, 1.54) is 4.91 Å². The van der Waals surface area contributed by atoms with Crippen molar-refractivity contribution in [3.05, 3.63) is 23.1 Å². The van der Waals surface area contributed by atoms with Gasteiger partial charge in [-0.1, -0.05) is 11.8 Å². The lowest BCUT2D eigenvalue weighted by molar-refractivity contribution is 0.605. The van der Waals surface area contributed by atoms with Gasteiger partial charge in [-0.3, -0.25) is 5.32 Å². The van der Waals surface area contributed by atoms with Crippen LogP contribution in [0.4, 0.5) is 0 Å². The van der Waals surface area contributed by atoms with E-state index < -0.39 is 0 Å². The summed E-state index contributed by atoms with van der Waals surface area (Å²) in [6, 6.07) is 0.574. The molecule has 1 heterocycles. The lowest BCUT2D eigenvalue weighted by Gasteiger charge is -2.04. The van der Waals surface area contributed by atoms with E-state index in [1.54, 1.807) is 0 Å². The van der Waals surface area contributed by atoms with Crippen molar-refractivity contribution in [1.82, 2.24) is 5.32 Å². The zero-order valence-corrected chi connectivity index (χ0v) is 6.74. The van der Waals surface area contributed by atoms with Gasteiger partial charge in [-0.15, -0.1) is 0 Å². The first-order valence-electron chi connectivity index (χ1n) is 3.56. The van der Waals surface area contributed by atoms with Crippen LogP contribution < -0.4 is 5.32 Å². The Morgan fingerprint density at radius 1 is 1.80 bits per heavy atom. The van der Waals surface area contributed by atoms with Gasteiger partial charge < -0.3 is 0 Å². The molecule has 2 atom stereocenters. The Labute approximate surface area is 65.6 Å². The van der Waals surface area contributed by atoms with Gasteiger partial charge in [0.1, 0.15) is 6.42 Å². The molecule has 1 aliphatic carbocycles. The predicted octanol–water partition coefficient (Wildman–Crippen LogP) is 1.68. The summed E-state index contributed by atoms with van der Waals surface area (Å²) in [6.07, 6.45) is 8.43. The van der Waals surface area contributed by atoms with Gasteiger partial charge in [-0.2, -0.15) is 0 Å². The maximum absolute atomic E-state index is 3.47. The maximum atomic E-state index is 3.47. The van der Waals surface area contributed by atoms with Gasteiger partial charge in [0.2, 0.25) is 0 Å². The summed E-state index contributed by atoms with van der Waals surface area (Å²) in [6.45, 7) is 2.20. The monoisotopic (exact) mass is 152 g/mol. The highest BCUT2D eigenvalue weighted by molar-refractivity contribution is 8.04. The molecule has 1 N–H and O–H groups in total. The molecule has 0 aromatic carbocycles. The average molecular weight is 152 g/mol. The minimum Gasteiger partial charge on any atom is -0.294 e. The second-order valence-electron chi connectivity index (χ2n) is 2.62. The summed E-state index contributed by atoms with van der Waals surface area (Å²) in [4.78, 5) is 1.48. The molecular weight excluding hydrogens is 142 g/mol. The molecule has 0 radical (unpaired) electrons. The Kier molecular flexibility index (Phi) is 1.53. The van der Waals surface area contributed by atoms with E-state index in [4.69, 9.17) is 0 Å². The molecule has 0 aromatic heterocycles. The van der Waals surface area contributed by atoms with Crippen LogP contribution in [0.1, 0.15) is 13.3 Å². The highest BCUT2D eigenvalue weighted by Gasteiger charge is 2.31. The van der Waals surface area contributed by atoms with Crippen molar-refractivity contribution in [3.63, 3.8) is 0 Å². The van der Waals surface area contributed by atoms with Crippen molar-refractivity contribution in [3.8, 4) is 0 Å². The first-order valence-corrected chi connectivity index (χ1v) is 4.44. The fourth-order valence-corrected chi connectivity index (χ4v) is 2.43. The number of thioether (sulfide) groups is 1. The van der Waals surface area contributed by atoms with Crippen LogP contribution >= 0.6 is 11.8 Å². The zero-order chi connectivity index (χ0) is 6.97. The Balaban J connectivity index is 2.18. The van der Waals surface area contributed by atoms with Gasteiger partial charge in [0.15, 0.2) is 6.08 Å². The normalized spacial score (nSPS) is 36.7. The van der Waals surface area contributed by atoms with Crippen molar-refractivity contribution in [2.24, 2.45) is 0 Å². The van der Waals surface area contributed by atoms with Gasteiger partial charge in [0.25, 0.3) is 0 Å². The van der Waals surface area contributed by atoms with E-state index in [1.807, 2.05) is 17.8 Å². The van der Waals surface area contributed by atoms with Crippen LogP contribution in [0.2, 0.25) is 0 Å². The third kappa shape index (κ3) is 0.988. The van der Waals surface area contributed by atoms with E-state index in [-0.39, 0.29) is 0 Å². The molecule has 2 unspecified atom stereocenters. The number of nitrogens with one attached hydrogen (secondary N) is 1. The van der Waals surface area contributed by atoms with E-state index in [9.17, 15) is 0 Å². The van der Waals surface area contributed by atoms with Crippen LogP contribution in [-0.2, 0) is 0 Å². The minimum atomic E-state index is 0.574. The summed E-state index contributed by atoms with van der Waals surface area (Å²) in [5.74, 6) is 0. The molecule has 1 fully saturated rings. The zero-order valence-electron chi connectivity index (χ0n) is 5.92. The Morgan fingerprint density at radius 2 is 2.70 bits per heavy atom. The van der Waals surface area contributed by atoms with Crippen LogP contribution in [0.15, 0.2) is 17.1 Å². The third-order valence-corrected chi connectivity index (χ3v) is 2.96. The van der Waals surface area contributed by atoms with Gasteiger partial charge in [-0.25, -0.2) is 0 Å². The Hall–Kier alpha value is -0.300. The van der Waals surface area contributed by atoms with Crippen LogP contribution in [0.5, 0.6) is 0 Å². The second kappa shape index (κ2) is 2.39. The summed E-state index contributed by atoms with van der Waals surface area (Å²) >= 11 is 1.93. The molecular formula is C8H10NS+. The number of hydrogen-bond acceptors (Lipinski definition) is 2. The Morgan fingerprint density at radius 3 is 3.50 bits per heavy atom. The van der Waals surface area contributed by atoms with Crippen molar-refractivity contribution in [1.29, 1.82) is 0 Å². The molecule has 0 amide bonds. The van der Waals surface area contributed by atoms with Crippen LogP contribution in [0.3, 0.4) is 0 Å². The highest BCUT2D eigenvalue weighted by Crippen LogP contribution is 2.33. The van der Waals surface area contributed by atoms with Gasteiger partial charge in [0.05, 0.1) is 28.5 Å². The molecule has 1 saturated heterocycles. The van der Waals surface area contributed by atoms with E-state index in [0.717, 1.165) is 6.42 Å². The van der Waals surface area contributed by atoms with Gasteiger partial charge in [0, 0.05) is 0 Å². The average Bonchev–Trinajstić information content (AvgIpc) is 2.27. The van der Waals surface area contributed by atoms with Crippen LogP contribution in [-0.4, -0.2) is 11.4 Å². The molecule has 0 aromatic rings. The van der Waals surface area contributed by atoms with E-state index >= 15 is 0 Å². The standard InChI is InChI=1S/C8H10NS/c1-6-9-7-4-2-3-5-8(7)10-6/h3,5-7,9H,4H2,1H3/q+1. The molecule has 1 nitrogen and oxygen atoms in total. The quantitative estimate of drug-likeness (QED) is 0.530. The number of rotatable bonds is 0. The highest BCUT2D eigenvalue weighted by atomic mass is 32.2. The number of allylic oxidation sites excluding steroid dienone is 2. The van der Waals surface area contributed by atoms with E-state index in [2.05, 4.69) is 24.4 Å². The topological polar surface area (TPSA) is 12.0 Å². The minimum absolute atomic E-state index is 0.574. The first-order chi connectivity index (χ1) is 4.86. The third-order valence-electron chi connectivity index (χ3n) is 1.78. The Bertz CT molecular complexity index is 195. The summed E-state index contributed by atoms with van der Waals surface area (Å²) < 4.78 is 0. The summed E-state index contributed by atoms with van der Waals surface area (Å²) in [5.41, 5.74) is 0. The van der Waals surface area contributed by atoms with Crippen LogP contribution in [0.25, 0.3) is 0 Å². The predicted molar refractivity (Wildman–Crippen MR) is 44.5 cm³/mol. The molecule has 2 aliphatic rings. The smallest absolute Gasteiger partial charge is 0.155 e. The lowest BCUT2D eigenvalue weighted by atomic mass is 10.1. The van der Waals surface area contributed by atoms with Crippen molar-refractivity contribution in [2.45, 2.75) is 24.8 Å². The molecule has 52 valence electrons. The maximum Gasteiger partial charge on any atom is 0.155 e. The molecule has 2 heteroatoms. The van der Waals surface area contributed by atoms with E-state index in [0.29, 0.717) is 11.4 Å². The fraction of sp³-hybridized carbons (Fsp3) is 0.500. The first kappa shape index (κ1) is 6.41. The van der Waals surface area contributed by atoms with Crippen molar-refractivity contribution in [2.75, 3.05) is 0 Å². The molecule has 0 saturated carbocycles. The summed E-state index contributed by atoms with van der Waals surface area (Å²) in [5, 5.41) is 4.06. The fourth-order valence-electron chi connectivity index (χ4n) is 1.33. The van der Waals surface area contributed by atoms with Crippen molar-refractivity contribution >= 4 is 11.8 Å². The lowest BCUT2D eigenvalue weighted by Crippen LogP contribution is -2.27. The SMILES string of the molecule is CC1NC2C[C+]=CC=C2S1. The molecule has 0 spiro atoms. The molecule has 0 bridgehead atoms. The molecule has 1 aliphatic heterocycles. The molecule has 10 heavy (non-hydrogen) atoms. The number of fused-ring (bicyclic) bond motifs is 1. The second-order valence-corrected chi connectivity index (χ2v) is 4.04. The van der Waals surface area contributed by atoms with Crippen LogP contribution in [0, 0.1) is 6.08 Å². The van der Waals surface area contributed by atoms with Gasteiger partial charge >= 0.3 is 0 Å². The molecule has 2 rings (SSSR count). The van der Waals surface area contributed by atoms with Gasteiger partial charge in [-0.05, 0) is 6.92 Å². The number of hydrogen-bond donors (Lipinski definition) is 1. The largest absolute Gasteiger partial charge is 0.294 e. The summed E-state index contributed by atoms with van der Waals surface area (Å²) in [7, 11) is 0. The van der Waals surface area contributed by atoms with Crippen molar-refractivity contribution < 1.29 is 0 Å².